The fraction of sp³-hybridized carbons (Fsp3) is 0.182. The Morgan fingerprint density at radius 1 is 0.933 bits per heavy atom. The molecule has 0 saturated carbocycles. The van der Waals surface area contributed by atoms with Gasteiger partial charge in [0.05, 0.1) is 19.3 Å². The number of carbonyl (C=O) groups is 3. The quantitative estimate of drug-likeness (QED) is 0.375. The highest BCUT2D eigenvalue weighted by molar-refractivity contribution is 6.52. The Labute approximate surface area is 171 Å². The van der Waals surface area contributed by atoms with Crippen molar-refractivity contribution in [1.82, 2.24) is 4.90 Å². The molecule has 1 fully saturated rings. The van der Waals surface area contributed by atoms with E-state index in [4.69, 9.17) is 9.15 Å². The summed E-state index contributed by atoms with van der Waals surface area (Å²) in [6.07, 6.45) is 0. The first-order valence-electron chi connectivity index (χ1n) is 9.18. The summed E-state index contributed by atoms with van der Waals surface area (Å²) in [5.41, 5.74) is 2.22. The number of urea groups is 1. The summed E-state index contributed by atoms with van der Waals surface area (Å²) in [6, 6.07) is 10.3. The van der Waals surface area contributed by atoms with E-state index in [-0.39, 0.29) is 12.2 Å². The molecule has 2 heterocycles. The summed E-state index contributed by atoms with van der Waals surface area (Å²) in [5, 5.41) is 0.605. The lowest BCUT2D eigenvalue weighted by molar-refractivity contribution is -0.139. The van der Waals surface area contributed by atoms with Gasteiger partial charge in [0.25, 0.3) is 0 Å². The van der Waals surface area contributed by atoms with Crippen LogP contribution in [-0.2, 0) is 16.1 Å². The number of amides is 4. The maximum Gasteiger partial charge on any atom is 0.339 e. The van der Waals surface area contributed by atoms with Crippen molar-refractivity contribution >= 4 is 34.5 Å². The molecule has 1 aliphatic heterocycles. The SMILES string of the molecule is COc1ccc(N2C(=O)C(=O)N(Cc3cc(=O)oc4c(C)c(C)ccc34)C2=O)cc1. The van der Waals surface area contributed by atoms with Gasteiger partial charge in [0, 0.05) is 11.5 Å². The molecule has 30 heavy (non-hydrogen) atoms. The fourth-order valence-electron chi connectivity index (χ4n) is 3.43. The normalized spacial score (nSPS) is 14.2. The van der Waals surface area contributed by atoms with Crippen LogP contribution in [0.1, 0.15) is 16.7 Å². The molecule has 4 rings (SSSR count). The van der Waals surface area contributed by atoms with E-state index in [9.17, 15) is 19.2 Å². The standard InChI is InChI=1S/C22H18N2O6/c1-12-4-9-17-14(10-18(25)30-19(17)13(12)2)11-23-20(26)21(27)24(22(23)28)15-5-7-16(29-3)8-6-15/h4-10H,11H2,1-3H3. The zero-order chi connectivity index (χ0) is 21.6. The van der Waals surface area contributed by atoms with E-state index in [2.05, 4.69) is 0 Å². The number of methoxy groups -OCH3 is 1. The van der Waals surface area contributed by atoms with Crippen LogP contribution in [-0.4, -0.2) is 29.9 Å². The molecule has 0 N–H and O–H groups in total. The number of nitrogens with zero attached hydrogens (tertiary/aromatic N) is 2. The smallest absolute Gasteiger partial charge is 0.339 e. The highest BCUT2D eigenvalue weighted by Crippen LogP contribution is 2.28. The summed E-state index contributed by atoms with van der Waals surface area (Å²) >= 11 is 0. The minimum Gasteiger partial charge on any atom is -0.497 e. The average molecular weight is 406 g/mol. The van der Waals surface area contributed by atoms with Crippen molar-refractivity contribution in [3.8, 4) is 5.75 Å². The molecule has 0 radical (unpaired) electrons. The molecule has 152 valence electrons. The van der Waals surface area contributed by atoms with Gasteiger partial charge >= 0.3 is 23.5 Å². The van der Waals surface area contributed by atoms with E-state index in [1.54, 1.807) is 18.2 Å². The Kier molecular flexibility index (Phi) is 4.62. The van der Waals surface area contributed by atoms with Crippen molar-refractivity contribution in [2.24, 2.45) is 0 Å². The predicted molar refractivity (Wildman–Crippen MR) is 108 cm³/mol. The first kappa shape index (κ1) is 19.4. The van der Waals surface area contributed by atoms with Gasteiger partial charge in [-0.1, -0.05) is 12.1 Å². The number of rotatable bonds is 4. The van der Waals surface area contributed by atoms with E-state index in [0.29, 0.717) is 22.3 Å². The number of benzene rings is 2. The van der Waals surface area contributed by atoms with Gasteiger partial charge in [0.15, 0.2) is 0 Å². The number of imide groups is 2. The Morgan fingerprint density at radius 2 is 1.63 bits per heavy atom. The third-order valence-corrected chi connectivity index (χ3v) is 5.23. The maximum absolute atomic E-state index is 12.9. The minimum atomic E-state index is -0.957. The highest BCUT2D eigenvalue weighted by atomic mass is 16.5. The molecule has 4 amide bonds. The number of fused-ring (bicyclic) bond motifs is 1. The molecule has 1 saturated heterocycles. The van der Waals surface area contributed by atoms with Gasteiger partial charge in [0.1, 0.15) is 11.3 Å². The highest BCUT2D eigenvalue weighted by Gasteiger charge is 2.45. The van der Waals surface area contributed by atoms with E-state index < -0.39 is 23.5 Å². The monoisotopic (exact) mass is 406 g/mol. The molecule has 8 heteroatoms. The van der Waals surface area contributed by atoms with Gasteiger partial charge in [-0.25, -0.2) is 14.5 Å². The van der Waals surface area contributed by atoms with Gasteiger partial charge in [0.2, 0.25) is 0 Å². The van der Waals surface area contributed by atoms with Crippen LogP contribution in [0, 0.1) is 13.8 Å². The topological polar surface area (TPSA) is 97.1 Å². The predicted octanol–water partition coefficient (Wildman–Crippen LogP) is 2.91. The lowest BCUT2D eigenvalue weighted by atomic mass is 10.0. The number of hydrogen-bond acceptors (Lipinski definition) is 6. The van der Waals surface area contributed by atoms with Gasteiger partial charge in [-0.2, -0.15) is 0 Å². The molecular weight excluding hydrogens is 388 g/mol. The summed E-state index contributed by atoms with van der Waals surface area (Å²) in [5.74, 6) is -1.36. The first-order valence-corrected chi connectivity index (χ1v) is 9.18. The lowest BCUT2D eigenvalue weighted by Gasteiger charge is -2.17. The number of ether oxygens (including phenoxy) is 1. The van der Waals surface area contributed by atoms with Crippen molar-refractivity contribution in [2.75, 3.05) is 12.0 Å². The second-order valence-electron chi connectivity index (χ2n) is 6.99. The van der Waals surface area contributed by atoms with Crippen molar-refractivity contribution in [2.45, 2.75) is 20.4 Å². The first-order chi connectivity index (χ1) is 14.3. The fourth-order valence-corrected chi connectivity index (χ4v) is 3.43. The summed E-state index contributed by atoms with van der Waals surface area (Å²) in [4.78, 5) is 51.7. The molecule has 0 spiro atoms. The van der Waals surface area contributed by atoms with Crippen LogP contribution in [0.25, 0.3) is 11.0 Å². The van der Waals surface area contributed by atoms with Gasteiger partial charge < -0.3 is 9.15 Å². The van der Waals surface area contributed by atoms with Crippen molar-refractivity contribution < 1.29 is 23.5 Å². The lowest BCUT2D eigenvalue weighted by Crippen LogP contribution is -2.33. The summed E-state index contributed by atoms with van der Waals surface area (Å²) < 4.78 is 10.4. The third kappa shape index (κ3) is 3.02. The largest absolute Gasteiger partial charge is 0.497 e. The van der Waals surface area contributed by atoms with Gasteiger partial charge in [-0.05, 0) is 54.8 Å². The van der Waals surface area contributed by atoms with Crippen LogP contribution in [0.3, 0.4) is 0 Å². The van der Waals surface area contributed by atoms with Crippen molar-refractivity contribution in [3.05, 3.63) is 69.6 Å². The number of aryl methyl sites for hydroxylation is 2. The van der Waals surface area contributed by atoms with Crippen LogP contribution in [0.4, 0.5) is 10.5 Å². The molecule has 0 atom stereocenters. The Balaban J connectivity index is 1.73. The van der Waals surface area contributed by atoms with E-state index >= 15 is 0 Å². The minimum absolute atomic E-state index is 0.222. The van der Waals surface area contributed by atoms with Crippen LogP contribution >= 0.6 is 0 Å². The second kappa shape index (κ2) is 7.14. The molecule has 0 bridgehead atoms. The zero-order valence-corrected chi connectivity index (χ0v) is 16.6. The number of hydrogen-bond donors (Lipinski definition) is 0. The van der Waals surface area contributed by atoms with Gasteiger partial charge in [-0.15, -0.1) is 0 Å². The summed E-state index contributed by atoms with van der Waals surface area (Å²) in [7, 11) is 1.50. The van der Waals surface area contributed by atoms with E-state index in [1.165, 1.54) is 25.3 Å². The molecular formula is C22H18N2O6. The van der Waals surface area contributed by atoms with Crippen molar-refractivity contribution in [1.29, 1.82) is 0 Å². The molecule has 0 unspecified atom stereocenters. The molecule has 2 aromatic carbocycles. The second-order valence-corrected chi connectivity index (χ2v) is 6.99. The summed E-state index contributed by atoms with van der Waals surface area (Å²) in [6.45, 7) is 3.49. The van der Waals surface area contributed by atoms with Crippen molar-refractivity contribution in [3.63, 3.8) is 0 Å². The maximum atomic E-state index is 12.9. The molecule has 1 aliphatic rings. The third-order valence-electron chi connectivity index (χ3n) is 5.23. The Bertz CT molecular complexity index is 1260. The number of anilines is 1. The van der Waals surface area contributed by atoms with Crippen LogP contribution in [0.5, 0.6) is 5.75 Å². The van der Waals surface area contributed by atoms with Gasteiger partial charge in [-0.3, -0.25) is 14.5 Å². The molecule has 1 aromatic heterocycles. The zero-order valence-electron chi connectivity index (χ0n) is 16.6. The Hall–Kier alpha value is -3.94. The van der Waals surface area contributed by atoms with Crippen LogP contribution in [0.15, 0.2) is 51.7 Å². The number of carbonyl (C=O) groups excluding carboxylic acids is 3. The van der Waals surface area contributed by atoms with E-state index in [1.807, 2.05) is 19.9 Å². The Morgan fingerprint density at radius 3 is 2.30 bits per heavy atom. The molecule has 0 aliphatic carbocycles. The molecule has 3 aromatic rings. The molecule has 8 nitrogen and oxygen atoms in total. The van der Waals surface area contributed by atoms with E-state index in [0.717, 1.165) is 20.9 Å². The van der Waals surface area contributed by atoms with Crippen LogP contribution in [0.2, 0.25) is 0 Å². The average Bonchev–Trinajstić information content (AvgIpc) is 2.94. The van der Waals surface area contributed by atoms with Crippen LogP contribution < -0.4 is 15.3 Å².